The number of urea groups is 1. The van der Waals surface area contributed by atoms with E-state index >= 15 is 0 Å². The topological polar surface area (TPSA) is 101 Å². The monoisotopic (exact) mass is 279 g/mol. The highest BCUT2D eigenvalue weighted by atomic mass is 16.5. The molecule has 0 aliphatic carbocycles. The Balaban J connectivity index is 1.71. The van der Waals surface area contributed by atoms with Crippen LogP contribution in [0.3, 0.4) is 0 Å². The molecule has 0 spiro atoms. The van der Waals surface area contributed by atoms with E-state index in [1.807, 2.05) is 0 Å². The zero-order valence-corrected chi connectivity index (χ0v) is 11.0. The van der Waals surface area contributed by atoms with E-state index in [2.05, 4.69) is 15.6 Å². The second-order valence-corrected chi connectivity index (χ2v) is 4.64. The van der Waals surface area contributed by atoms with Crippen LogP contribution in [-0.4, -0.2) is 41.8 Å². The van der Waals surface area contributed by atoms with Crippen molar-refractivity contribution in [3.63, 3.8) is 0 Å². The summed E-state index contributed by atoms with van der Waals surface area (Å²) in [5.41, 5.74) is 0.397. The summed E-state index contributed by atoms with van der Waals surface area (Å²) in [6, 6.07) is 2.52. The molecule has 2 amide bonds. The lowest BCUT2D eigenvalue weighted by Crippen LogP contribution is -2.30. The Morgan fingerprint density at radius 2 is 2.30 bits per heavy atom. The van der Waals surface area contributed by atoms with Gasteiger partial charge in [-0.3, -0.25) is 0 Å². The molecular weight excluding hydrogens is 262 g/mol. The standard InChI is InChI=1S/C13H17N3O4/c17-12(18)11-2-1-10(7-15-11)16-13(19)14-5-3-9-4-6-20-8-9/h1-2,7,9H,3-6,8H2,(H,17,18)(H2,14,16,19). The summed E-state index contributed by atoms with van der Waals surface area (Å²) in [4.78, 5) is 26.0. The van der Waals surface area contributed by atoms with E-state index in [4.69, 9.17) is 9.84 Å². The molecule has 1 saturated heterocycles. The van der Waals surface area contributed by atoms with Crippen LogP contribution in [0, 0.1) is 5.92 Å². The average Bonchev–Trinajstić information content (AvgIpc) is 2.92. The number of amides is 2. The lowest BCUT2D eigenvalue weighted by Gasteiger charge is -2.10. The van der Waals surface area contributed by atoms with Gasteiger partial charge in [0.2, 0.25) is 0 Å². The number of nitrogens with zero attached hydrogens (tertiary/aromatic N) is 1. The lowest BCUT2D eigenvalue weighted by atomic mass is 10.1. The fraction of sp³-hybridized carbons (Fsp3) is 0.462. The highest BCUT2D eigenvalue weighted by Crippen LogP contribution is 2.15. The maximum absolute atomic E-state index is 11.6. The van der Waals surface area contributed by atoms with Crippen molar-refractivity contribution in [2.75, 3.05) is 25.1 Å². The molecule has 1 fully saturated rings. The number of hydrogen-bond acceptors (Lipinski definition) is 4. The molecule has 7 heteroatoms. The highest BCUT2D eigenvalue weighted by molar-refractivity contribution is 5.90. The van der Waals surface area contributed by atoms with Crippen molar-refractivity contribution in [3.8, 4) is 0 Å². The van der Waals surface area contributed by atoms with Crippen LogP contribution in [0.25, 0.3) is 0 Å². The van der Waals surface area contributed by atoms with Crippen LogP contribution in [0.2, 0.25) is 0 Å². The number of carbonyl (C=O) groups is 2. The molecule has 1 unspecified atom stereocenters. The number of pyridine rings is 1. The van der Waals surface area contributed by atoms with Gasteiger partial charge in [-0.25, -0.2) is 14.6 Å². The van der Waals surface area contributed by atoms with Crippen molar-refractivity contribution >= 4 is 17.7 Å². The molecule has 7 nitrogen and oxygen atoms in total. The molecule has 1 aliphatic heterocycles. The van der Waals surface area contributed by atoms with Crippen molar-refractivity contribution in [2.45, 2.75) is 12.8 Å². The van der Waals surface area contributed by atoms with Gasteiger partial charge < -0.3 is 20.5 Å². The Morgan fingerprint density at radius 1 is 1.45 bits per heavy atom. The average molecular weight is 279 g/mol. The molecular formula is C13H17N3O4. The van der Waals surface area contributed by atoms with E-state index in [0.717, 1.165) is 26.1 Å². The number of aromatic carboxylic acids is 1. The summed E-state index contributed by atoms with van der Waals surface area (Å²) in [6.45, 7) is 2.16. The van der Waals surface area contributed by atoms with Gasteiger partial charge in [-0.15, -0.1) is 0 Å². The van der Waals surface area contributed by atoms with Gasteiger partial charge in [-0.05, 0) is 30.9 Å². The lowest BCUT2D eigenvalue weighted by molar-refractivity contribution is 0.0690. The first kappa shape index (κ1) is 14.3. The molecule has 1 atom stereocenters. The smallest absolute Gasteiger partial charge is 0.354 e. The molecule has 0 saturated carbocycles. The number of hydrogen-bond donors (Lipinski definition) is 3. The quantitative estimate of drug-likeness (QED) is 0.755. The number of carboxylic acids is 1. The number of ether oxygens (including phenoxy) is 1. The van der Waals surface area contributed by atoms with Crippen LogP contribution in [-0.2, 0) is 4.74 Å². The molecule has 2 rings (SSSR count). The minimum Gasteiger partial charge on any atom is -0.477 e. The molecule has 0 bridgehead atoms. The largest absolute Gasteiger partial charge is 0.477 e. The predicted molar refractivity (Wildman–Crippen MR) is 71.8 cm³/mol. The van der Waals surface area contributed by atoms with Crippen molar-refractivity contribution in [2.24, 2.45) is 5.92 Å². The molecule has 1 aliphatic rings. The molecule has 0 radical (unpaired) electrons. The normalized spacial score (nSPS) is 17.7. The van der Waals surface area contributed by atoms with Crippen molar-refractivity contribution < 1.29 is 19.4 Å². The van der Waals surface area contributed by atoms with Crippen LogP contribution in [0.4, 0.5) is 10.5 Å². The molecule has 108 valence electrons. The van der Waals surface area contributed by atoms with Gasteiger partial charge in [-0.1, -0.05) is 0 Å². The van der Waals surface area contributed by atoms with E-state index in [0.29, 0.717) is 18.2 Å². The number of carbonyl (C=O) groups excluding carboxylic acids is 1. The second kappa shape index (κ2) is 6.85. The first-order valence-corrected chi connectivity index (χ1v) is 6.47. The van der Waals surface area contributed by atoms with E-state index < -0.39 is 5.97 Å². The van der Waals surface area contributed by atoms with E-state index in [-0.39, 0.29) is 11.7 Å². The number of nitrogens with one attached hydrogen (secondary N) is 2. The molecule has 1 aromatic heterocycles. The van der Waals surface area contributed by atoms with Crippen molar-refractivity contribution in [1.82, 2.24) is 10.3 Å². The summed E-state index contributed by atoms with van der Waals surface area (Å²) in [7, 11) is 0. The van der Waals surface area contributed by atoms with Gasteiger partial charge in [0.05, 0.1) is 11.9 Å². The van der Waals surface area contributed by atoms with Gasteiger partial charge in [-0.2, -0.15) is 0 Å². The third-order valence-corrected chi connectivity index (χ3v) is 3.10. The number of rotatable bonds is 5. The van der Waals surface area contributed by atoms with Gasteiger partial charge in [0.15, 0.2) is 0 Å². The zero-order valence-electron chi connectivity index (χ0n) is 11.0. The van der Waals surface area contributed by atoms with E-state index in [1.165, 1.54) is 18.3 Å². The van der Waals surface area contributed by atoms with Gasteiger partial charge in [0, 0.05) is 19.8 Å². The van der Waals surface area contributed by atoms with Crippen LogP contribution in [0.15, 0.2) is 18.3 Å². The third kappa shape index (κ3) is 4.20. The van der Waals surface area contributed by atoms with Crippen molar-refractivity contribution in [3.05, 3.63) is 24.0 Å². The molecule has 2 heterocycles. The van der Waals surface area contributed by atoms with Crippen LogP contribution >= 0.6 is 0 Å². The minimum atomic E-state index is -1.10. The van der Waals surface area contributed by atoms with Crippen LogP contribution < -0.4 is 10.6 Å². The Labute approximate surface area is 116 Å². The molecule has 3 N–H and O–H groups in total. The summed E-state index contributed by atoms with van der Waals surface area (Å²) >= 11 is 0. The SMILES string of the molecule is O=C(NCCC1CCOC1)Nc1ccc(C(=O)O)nc1. The minimum absolute atomic E-state index is 0.0582. The summed E-state index contributed by atoms with van der Waals surface area (Å²) in [5, 5.41) is 14.0. The Bertz CT molecular complexity index is 469. The van der Waals surface area contributed by atoms with Crippen LogP contribution in [0.1, 0.15) is 23.3 Å². The van der Waals surface area contributed by atoms with Crippen molar-refractivity contribution in [1.29, 1.82) is 0 Å². The number of carboxylic acid groups (broad SMARTS) is 1. The fourth-order valence-corrected chi connectivity index (χ4v) is 1.97. The molecule has 1 aromatic rings. The summed E-state index contributed by atoms with van der Waals surface area (Å²) < 4.78 is 5.26. The number of anilines is 1. The van der Waals surface area contributed by atoms with E-state index in [1.54, 1.807) is 0 Å². The predicted octanol–water partition coefficient (Wildman–Crippen LogP) is 1.33. The summed E-state index contributed by atoms with van der Waals surface area (Å²) in [5.74, 6) is -0.577. The molecule has 20 heavy (non-hydrogen) atoms. The third-order valence-electron chi connectivity index (χ3n) is 3.10. The van der Waals surface area contributed by atoms with Gasteiger partial charge in [0.1, 0.15) is 5.69 Å². The van der Waals surface area contributed by atoms with Gasteiger partial charge in [0.25, 0.3) is 0 Å². The molecule has 0 aromatic carbocycles. The van der Waals surface area contributed by atoms with Gasteiger partial charge >= 0.3 is 12.0 Å². The fourth-order valence-electron chi connectivity index (χ4n) is 1.97. The van der Waals surface area contributed by atoms with Crippen LogP contribution in [0.5, 0.6) is 0 Å². The Kier molecular flexibility index (Phi) is 4.89. The first-order valence-electron chi connectivity index (χ1n) is 6.47. The maximum Gasteiger partial charge on any atom is 0.354 e. The summed E-state index contributed by atoms with van der Waals surface area (Å²) in [6.07, 6.45) is 3.25. The Hall–Kier alpha value is -2.15. The second-order valence-electron chi connectivity index (χ2n) is 4.64. The maximum atomic E-state index is 11.6. The highest BCUT2D eigenvalue weighted by Gasteiger charge is 2.15. The number of aromatic nitrogens is 1. The first-order chi connectivity index (χ1) is 9.65. The Morgan fingerprint density at radius 3 is 2.90 bits per heavy atom. The zero-order chi connectivity index (χ0) is 14.4. The van der Waals surface area contributed by atoms with E-state index in [9.17, 15) is 9.59 Å².